The number of aryl methyl sites for hydroxylation is 2. The van der Waals surface area contributed by atoms with Crippen LogP contribution in [0.15, 0.2) is 6.08 Å². The Morgan fingerprint density at radius 1 is 1.39 bits per heavy atom. The molecule has 1 rings (SSSR count). The van der Waals surface area contributed by atoms with Crippen molar-refractivity contribution in [3.8, 4) is 0 Å². The van der Waals surface area contributed by atoms with Crippen molar-refractivity contribution in [2.75, 3.05) is 5.73 Å². The van der Waals surface area contributed by atoms with E-state index in [0.29, 0.717) is 28.5 Å². The van der Waals surface area contributed by atoms with Crippen molar-refractivity contribution in [3.63, 3.8) is 0 Å². The van der Waals surface area contributed by atoms with Crippen LogP contribution in [0.5, 0.6) is 0 Å². The lowest BCUT2D eigenvalue weighted by molar-refractivity contribution is -0.112. The third-order valence-electron chi connectivity index (χ3n) is 2.86. The lowest BCUT2D eigenvalue weighted by Crippen LogP contribution is -2.17. The van der Waals surface area contributed by atoms with Gasteiger partial charge in [-0.3, -0.25) is 4.79 Å². The zero-order chi connectivity index (χ0) is 13.9. The summed E-state index contributed by atoms with van der Waals surface area (Å²) in [6, 6.07) is 0. The molecule has 0 aliphatic carbocycles. The van der Waals surface area contributed by atoms with E-state index < -0.39 is 5.91 Å². The fourth-order valence-electron chi connectivity index (χ4n) is 1.76. The van der Waals surface area contributed by atoms with Gasteiger partial charge in [-0.25, -0.2) is 9.97 Å². The molecule has 0 bridgehead atoms. The minimum Gasteiger partial charge on any atom is -0.383 e. The van der Waals surface area contributed by atoms with Gasteiger partial charge in [0.2, 0.25) is 5.91 Å². The normalized spacial score (nSPS) is 13.4. The van der Waals surface area contributed by atoms with E-state index in [4.69, 9.17) is 11.5 Å². The smallest absolute Gasteiger partial charge is 0.249 e. The molecule has 0 aliphatic rings. The Kier molecular flexibility index (Phi) is 4.42. The maximum Gasteiger partial charge on any atom is 0.249 e. The summed E-state index contributed by atoms with van der Waals surface area (Å²) < 4.78 is 0. The first-order valence-corrected chi connectivity index (χ1v) is 5.99. The van der Waals surface area contributed by atoms with Crippen LogP contribution in [0.25, 0.3) is 5.57 Å². The summed E-state index contributed by atoms with van der Waals surface area (Å²) in [5.41, 5.74) is 12.9. The molecular weight excluding hydrogens is 228 g/mol. The average Bonchev–Trinajstić information content (AvgIpc) is 2.25. The molecule has 5 heteroatoms. The van der Waals surface area contributed by atoms with E-state index in [1.54, 1.807) is 13.8 Å². The lowest BCUT2D eigenvalue weighted by Gasteiger charge is -2.12. The van der Waals surface area contributed by atoms with E-state index in [9.17, 15) is 4.79 Å². The molecule has 4 N–H and O–H groups in total. The molecule has 1 aromatic rings. The molecule has 1 heterocycles. The Morgan fingerprint density at radius 3 is 2.44 bits per heavy atom. The minimum absolute atomic E-state index is 0.243. The van der Waals surface area contributed by atoms with Crippen LogP contribution in [-0.2, 0) is 4.79 Å². The summed E-state index contributed by atoms with van der Waals surface area (Å²) in [4.78, 5) is 19.9. The highest BCUT2D eigenvalue weighted by Gasteiger charge is 2.17. The van der Waals surface area contributed by atoms with Crippen molar-refractivity contribution in [2.24, 2.45) is 11.7 Å². The summed E-state index contributed by atoms with van der Waals surface area (Å²) in [5, 5.41) is 0. The standard InChI is InChI=1S/C13H20N4O/c1-5-7(2)6-10(13(15)18)11-8(3)16-9(4)17-12(11)14/h6-7H,5H2,1-4H3,(H2,15,18)(H2,14,16,17)/b10-6+. The van der Waals surface area contributed by atoms with Crippen LogP contribution >= 0.6 is 0 Å². The summed E-state index contributed by atoms with van der Waals surface area (Å²) >= 11 is 0. The molecule has 1 amide bonds. The molecule has 0 fully saturated rings. The van der Waals surface area contributed by atoms with E-state index in [0.717, 1.165) is 6.42 Å². The number of anilines is 1. The second-order valence-electron chi connectivity index (χ2n) is 4.45. The first kappa shape index (κ1) is 14.2. The number of allylic oxidation sites excluding steroid dienone is 1. The molecule has 0 aromatic carbocycles. The molecule has 1 aromatic heterocycles. The molecular formula is C13H20N4O. The van der Waals surface area contributed by atoms with Gasteiger partial charge in [0.05, 0.1) is 11.3 Å². The largest absolute Gasteiger partial charge is 0.383 e. The predicted octanol–water partition coefficient (Wildman–Crippen LogP) is 1.59. The molecule has 0 aliphatic heterocycles. The van der Waals surface area contributed by atoms with Gasteiger partial charge in [0, 0.05) is 5.57 Å². The fourth-order valence-corrected chi connectivity index (χ4v) is 1.76. The molecule has 1 atom stereocenters. The van der Waals surface area contributed by atoms with Gasteiger partial charge in [-0.05, 0) is 19.8 Å². The maximum absolute atomic E-state index is 11.6. The number of hydrogen-bond acceptors (Lipinski definition) is 4. The lowest BCUT2D eigenvalue weighted by atomic mass is 9.98. The van der Waals surface area contributed by atoms with Crippen molar-refractivity contribution in [2.45, 2.75) is 34.1 Å². The van der Waals surface area contributed by atoms with E-state index in [1.165, 1.54) is 0 Å². The zero-order valence-electron chi connectivity index (χ0n) is 11.3. The van der Waals surface area contributed by atoms with Crippen molar-refractivity contribution in [1.29, 1.82) is 0 Å². The number of nitrogens with zero attached hydrogens (tertiary/aromatic N) is 2. The van der Waals surface area contributed by atoms with Crippen LogP contribution in [0.2, 0.25) is 0 Å². The van der Waals surface area contributed by atoms with Crippen LogP contribution < -0.4 is 11.5 Å². The maximum atomic E-state index is 11.6. The van der Waals surface area contributed by atoms with E-state index in [-0.39, 0.29) is 5.92 Å². The number of carbonyl (C=O) groups is 1. The van der Waals surface area contributed by atoms with Crippen LogP contribution in [0.3, 0.4) is 0 Å². The number of primary amides is 1. The molecule has 1 unspecified atom stereocenters. The van der Waals surface area contributed by atoms with Gasteiger partial charge in [-0.2, -0.15) is 0 Å². The highest BCUT2D eigenvalue weighted by molar-refractivity contribution is 6.20. The van der Waals surface area contributed by atoms with E-state index in [2.05, 4.69) is 9.97 Å². The summed E-state index contributed by atoms with van der Waals surface area (Å²) in [7, 11) is 0. The Balaban J connectivity index is 3.40. The van der Waals surface area contributed by atoms with Crippen LogP contribution in [0.1, 0.15) is 37.4 Å². The topological polar surface area (TPSA) is 94.9 Å². The molecule has 0 radical (unpaired) electrons. The van der Waals surface area contributed by atoms with Crippen LogP contribution in [0.4, 0.5) is 5.82 Å². The molecule has 0 spiro atoms. The number of aromatic nitrogens is 2. The molecule has 5 nitrogen and oxygen atoms in total. The van der Waals surface area contributed by atoms with E-state index in [1.807, 2.05) is 19.9 Å². The second-order valence-corrected chi connectivity index (χ2v) is 4.45. The highest BCUT2D eigenvalue weighted by Crippen LogP contribution is 2.24. The Bertz CT molecular complexity index is 471. The number of rotatable bonds is 4. The number of hydrogen-bond donors (Lipinski definition) is 2. The van der Waals surface area contributed by atoms with Gasteiger partial charge < -0.3 is 11.5 Å². The first-order chi connectivity index (χ1) is 8.36. The van der Waals surface area contributed by atoms with Crippen molar-refractivity contribution < 1.29 is 4.79 Å². The van der Waals surface area contributed by atoms with Crippen molar-refractivity contribution >= 4 is 17.3 Å². The van der Waals surface area contributed by atoms with Gasteiger partial charge in [-0.1, -0.05) is 26.3 Å². The molecule has 0 saturated carbocycles. The summed E-state index contributed by atoms with van der Waals surface area (Å²) in [6.45, 7) is 7.62. The number of nitrogen functional groups attached to an aromatic ring is 1. The minimum atomic E-state index is -0.502. The van der Waals surface area contributed by atoms with Crippen molar-refractivity contribution in [1.82, 2.24) is 9.97 Å². The van der Waals surface area contributed by atoms with Gasteiger partial charge in [0.15, 0.2) is 0 Å². The van der Waals surface area contributed by atoms with Gasteiger partial charge in [-0.15, -0.1) is 0 Å². The Morgan fingerprint density at radius 2 is 2.00 bits per heavy atom. The van der Waals surface area contributed by atoms with Gasteiger partial charge in [0.1, 0.15) is 11.6 Å². The number of carbonyl (C=O) groups excluding carboxylic acids is 1. The molecule has 0 saturated heterocycles. The molecule has 18 heavy (non-hydrogen) atoms. The zero-order valence-corrected chi connectivity index (χ0v) is 11.3. The number of amides is 1. The van der Waals surface area contributed by atoms with Gasteiger partial charge in [0.25, 0.3) is 0 Å². The van der Waals surface area contributed by atoms with Crippen LogP contribution in [0, 0.1) is 19.8 Å². The average molecular weight is 248 g/mol. The fraction of sp³-hybridized carbons (Fsp3) is 0.462. The van der Waals surface area contributed by atoms with Crippen LogP contribution in [-0.4, -0.2) is 15.9 Å². The predicted molar refractivity (Wildman–Crippen MR) is 72.5 cm³/mol. The third kappa shape index (κ3) is 3.06. The highest BCUT2D eigenvalue weighted by atomic mass is 16.1. The van der Waals surface area contributed by atoms with Crippen molar-refractivity contribution in [3.05, 3.63) is 23.2 Å². The Labute approximate surface area is 107 Å². The second kappa shape index (κ2) is 5.62. The first-order valence-electron chi connectivity index (χ1n) is 5.99. The quantitative estimate of drug-likeness (QED) is 0.791. The molecule has 98 valence electrons. The summed E-state index contributed by atoms with van der Waals surface area (Å²) in [5.74, 6) is 0.625. The third-order valence-corrected chi connectivity index (χ3v) is 2.86. The van der Waals surface area contributed by atoms with E-state index >= 15 is 0 Å². The Hall–Kier alpha value is -1.91. The number of nitrogens with two attached hydrogens (primary N) is 2. The summed E-state index contributed by atoms with van der Waals surface area (Å²) in [6.07, 6.45) is 2.75. The van der Waals surface area contributed by atoms with Gasteiger partial charge >= 0.3 is 0 Å². The SMILES string of the molecule is CCC(C)/C=C(/C(N)=O)c1c(C)nc(C)nc1N. The monoisotopic (exact) mass is 248 g/mol.